The Labute approximate surface area is 120 Å². The van der Waals surface area contributed by atoms with Crippen LogP contribution >= 0.6 is 0 Å². The molecule has 0 aliphatic rings. The molecule has 0 radical (unpaired) electrons. The molecule has 0 unspecified atom stereocenters. The summed E-state index contributed by atoms with van der Waals surface area (Å²) in [6.45, 7) is 1.09. The van der Waals surface area contributed by atoms with Crippen molar-refractivity contribution in [2.75, 3.05) is 32.2 Å². The van der Waals surface area contributed by atoms with Gasteiger partial charge in [0.25, 0.3) is 5.69 Å². The zero-order valence-corrected chi connectivity index (χ0v) is 11.9. The third kappa shape index (κ3) is 4.41. The second-order valence-electron chi connectivity index (χ2n) is 4.09. The molecule has 0 fully saturated rings. The number of pyridine rings is 1. The number of nitro groups is 1. The van der Waals surface area contributed by atoms with E-state index in [0.717, 1.165) is 6.20 Å². The van der Waals surface area contributed by atoms with Crippen LogP contribution in [-0.2, 0) is 19.1 Å². The quantitative estimate of drug-likeness (QED) is 0.422. The Bertz CT molecular complexity index is 542. The van der Waals surface area contributed by atoms with Crippen molar-refractivity contribution in [3.8, 4) is 0 Å². The first-order valence-corrected chi connectivity index (χ1v) is 5.88. The Kier molecular flexibility index (Phi) is 5.58. The van der Waals surface area contributed by atoms with Crippen LogP contribution in [0.2, 0.25) is 0 Å². The van der Waals surface area contributed by atoms with Crippen molar-refractivity contribution in [3.63, 3.8) is 0 Å². The number of nitrogens with zero attached hydrogens (tertiary/aromatic N) is 3. The minimum absolute atomic E-state index is 0.144. The van der Waals surface area contributed by atoms with Gasteiger partial charge in [-0.3, -0.25) is 19.7 Å². The fourth-order valence-electron chi connectivity index (χ4n) is 1.56. The summed E-state index contributed by atoms with van der Waals surface area (Å²) < 4.78 is 9.08. The predicted octanol–water partition coefficient (Wildman–Crippen LogP) is 0.451. The number of aryl methyl sites for hydroxylation is 1. The van der Waals surface area contributed by atoms with E-state index in [-0.39, 0.29) is 24.6 Å². The van der Waals surface area contributed by atoms with Gasteiger partial charge in [-0.05, 0) is 13.0 Å². The van der Waals surface area contributed by atoms with Gasteiger partial charge in [-0.1, -0.05) is 0 Å². The van der Waals surface area contributed by atoms with E-state index in [9.17, 15) is 19.7 Å². The second-order valence-corrected chi connectivity index (χ2v) is 4.09. The van der Waals surface area contributed by atoms with Gasteiger partial charge in [0.15, 0.2) is 0 Å². The first-order chi connectivity index (χ1) is 9.88. The van der Waals surface area contributed by atoms with Gasteiger partial charge in [0.05, 0.1) is 19.1 Å². The topological polar surface area (TPSA) is 112 Å². The number of aromatic nitrogens is 1. The molecule has 0 aromatic carbocycles. The van der Waals surface area contributed by atoms with Gasteiger partial charge in [-0.15, -0.1) is 0 Å². The molecule has 1 aromatic heterocycles. The summed E-state index contributed by atoms with van der Waals surface area (Å²) in [5.41, 5.74) is 0.222. The lowest BCUT2D eigenvalue weighted by Gasteiger charge is -2.21. The Morgan fingerprint density at radius 2 is 1.81 bits per heavy atom. The van der Waals surface area contributed by atoms with Crippen molar-refractivity contribution in [2.24, 2.45) is 0 Å². The molecule has 0 atom stereocenters. The van der Waals surface area contributed by atoms with Gasteiger partial charge in [0, 0.05) is 5.56 Å². The number of methoxy groups -OCH3 is 2. The van der Waals surface area contributed by atoms with E-state index in [0.29, 0.717) is 5.56 Å². The molecule has 21 heavy (non-hydrogen) atoms. The van der Waals surface area contributed by atoms with Crippen molar-refractivity contribution >= 4 is 23.4 Å². The van der Waals surface area contributed by atoms with E-state index in [2.05, 4.69) is 14.5 Å². The van der Waals surface area contributed by atoms with Crippen LogP contribution in [0.15, 0.2) is 12.3 Å². The van der Waals surface area contributed by atoms with Crippen molar-refractivity contribution in [2.45, 2.75) is 6.92 Å². The van der Waals surface area contributed by atoms with Gasteiger partial charge >= 0.3 is 11.9 Å². The Balaban J connectivity index is 3.07. The monoisotopic (exact) mass is 297 g/mol. The highest BCUT2D eigenvalue weighted by Crippen LogP contribution is 2.21. The summed E-state index contributed by atoms with van der Waals surface area (Å²) in [6.07, 6.45) is 1.08. The van der Waals surface area contributed by atoms with Crippen LogP contribution in [0.4, 0.5) is 11.5 Å². The molecular weight excluding hydrogens is 282 g/mol. The number of esters is 2. The average molecular weight is 297 g/mol. The molecule has 0 aliphatic carbocycles. The molecule has 1 aromatic rings. The van der Waals surface area contributed by atoms with Gasteiger partial charge in [0.2, 0.25) is 0 Å². The number of anilines is 1. The lowest BCUT2D eigenvalue weighted by atomic mass is 10.2. The molecule has 9 nitrogen and oxygen atoms in total. The van der Waals surface area contributed by atoms with Crippen LogP contribution in [0.3, 0.4) is 0 Å². The van der Waals surface area contributed by atoms with E-state index in [4.69, 9.17) is 0 Å². The van der Waals surface area contributed by atoms with E-state index in [1.165, 1.54) is 32.1 Å². The first kappa shape index (κ1) is 16.3. The summed E-state index contributed by atoms with van der Waals surface area (Å²) in [4.78, 5) is 38.2. The molecule has 0 amide bonds. The summed E-state index contributed by atoms with van der Waals surface area (Å²) in [7, 11) is 2.43. The SMILES string of the molecule is COC(=O)CN(CC(=O)OC)c1cc(C)c([N+](=O)[O-])cn1. The highest BCUT2D eigenvalue weighted by molar-refractivity contribution is 5.80. The molecular formula is C12H15N3O6. The highest BCUT2D eigenvalue weighted by Gasteiger charge is 2.20. The predicted molar refractivity (Wildman–Crippen MR) is 71.9 cm³/mol. The van der Waals surface area contributed by atoms with Gasteiger partial charge in [0.1, 0.15) is 25.1 Å². The van der Waals surface area contributed by atoms with Crippen molar-refractivity contribution in [1.82, 2.24) is 4.98 Å². The van der Waals surface area contributed by atoms with Crippen LogP contribution in [0, 0.1) is 17.0 Å². The lowest BCUT2D eigenvalue weighted by molar-refractivity contribution is -0.385. The third-order valence-electron chi connectivity index (χ3n) is 2.68. The van der Waals surface area contributed by atoms with Crippen LogP contribution in [0.5, 0.6) is 0 Å². The number of hydrogen-bond acceptors (Lipinski definition) is 8. The smallest absolute Gasteiger partial charge is 0.325 e. The molecule has 0 N–H and O–H groups in total. The van der Waals surface area contributed by atoms with E-state index in [1.54, 1.807) is 0 Å². The Morgan fingerprint density at radius 1 is 1.29 bits per heavy atom. The van der Waals surface area contributed by atoms with Crippen molar-refractivity contribution < 1.29 is 24.0 Å². The zero-order chi connectivity index (χ0) is 16.0. The molecule has 0 saturated carbocycles. The summed E-state index contributed by atoms with van der Waals surface area (Å²) >= 11 is 0. The minimum atomic E-state index is -0.572. The summed E-state index contributed by atoms with van der Waals surface area (Å²) in [6, 6.07) is 1.42. The van der Waals surface area contributed by atoms with E-state index < -0.39 is 16.9 Å². The van der Waals surface area contributed by atoms with E-state index >= 15 is 0 Å². The number of carbonyl (C=O) groups is 2. The summed E-state index contributed by atoms with van der Waals surface area (Å²) in [5, 5.41) is 10.8. The molecule has 0 aliphatic heterocycles. The molecule has 9 heteroatoms. The third-order valence-corrected chi connectivity index (χ3v) is 2.68. The van der Waals surface area contributed by atoms with Crippen molar-refractivity contribution in [3.05, 3.63) is 27.9 Å². The standard InChI is InChI=1S/C12H15N3O6/c1-8-4-10(13-5-9(8)15(18)19)14(6-11(16)20-2)7-12(17)21-3/h4-5H,6-7H2,1-3H3. The second kappa shape index (κ2) is 7.17. The van der Waals surface area contributed by atoms with Crippen molar-refractivity contribution in [1.29, 1.82) is 0 Å². The summed E-state index contributed by atoms with van der Waals surface area (Å²) in [5.74, 6) is -0.901. The maximum Gasteiger partial charge on any atom is 0.325 e. The fraction of sp³-hybridized carbons (Fsp3) is 0.417. The molecule has 1 heterocycles. The van der Waals surface area contributed by atoms with Gasteiger partial charge in [-0.2, -0.15) is 0 Å². The largest absolute Gasteiger partial charge is 0.468 e. The van der Waals surface area contributed by atoms with Crippen LogP contribution in [0.25, 0.3) is 0 Å². The Morgan fingerprint density at radius 3 is 2.19 bits per heavy atom. The zero-order valence-electron chi connectivity index (χ0n) is 11.9. The fourth-order valence-corrected chi connectivity index (χ4v) is 1.56. The molecule has 0 saturated heterocycles. The van der Waals surface area contributed by atoms with Gasteiger partial charge in [-0.25, -0.2) is 4.98 Å². The maximum atomic E-state index is 11.4. The average Bonchev–Trinajstić information content (AvgIpc) is 2.45. The maximum absolute atomic E-state index is 11.4. The molecule has 114 valence electrons. The first-order valence-electron chi connectivity index (χ1n) is 5.88. The lowest BCUT2D eigenvalue weighted by Crippen LogP contribution is -2.36. The minimum Gasteiger partial charge on any atom is -0.468 e. The van der Waals surface area contributed by atoms with Crippen LogP contribution in [0.1, 0.15) is 5.56 Å². The van der Waals surface area contributed by atoms with Crippen LogP contribution < -0.4 is 4.90 Å². The van der Waals surface area contributed by atoms with Gasteiger partial charge < -0.3 is 14.4 Å². The molecule has 0 spiro atoms. The normalized spacial score (nSPS) is 9.86. The number of rotatable bonds is 6. The molecule has 0 bridgehead atoms. The Hall–Kier alpha value is -2.71. The molecule has 1 rings (SSSR count). The number of carbonyl (C=O) groups excluding carboxylic acids is 2. The van der Waals surface area contributed by atoms with E-state index in [1.807, 2.05) is 0 Å². The number of hydrogen-bond donors (Lipinski definition) is 0. The highest BCUT2D eigenvalue weighted by atomic mass is 16.6. The number of ether oxygens (including phenoxy) is 2. The van der Waals surface area contributed by atoms with Crippen LogP contribution in [-0.4, -0.2) is 49.2 Å².